The maximum absolute atomic E-state index is 11.8. The van der Waals surface area contributed by atoms with Crippen LogP contribution in [0.5, 0.6) is 0 Å². The Labute approximate surface area is 115 Å². The number of nitrogens with zero attached hydrogens (tertiary/aromatic N) is 1. The standard InChI is InChI=1S/C13H16N2O5/c16-11(15-4-2-1-3-5-15)7-14-12(17)10-6-9(8-20-10)13(18)19/h6,8H,1-5,7H2,(H,14,17)(H,18,19). The molecule has 20 heavy (non-hydrogen) atoms. The Morgan fingerprint density at radius 3 is 2.55 bits per heavy atom. The minimum Gasteiger partial charge on any atom is -0.478 e. The van der Waals surface area contributed by atoms with E-state index in [1.165, 1.54) is 0 Å². The summed E-state index contributed by atoms with van der Waals surface area (Å²) in [5.41, 5.74) is -0.0995. The van der Waals surface area contributed by atoms with E-state index in [0.717, 1.165) is 44.7 Å². The van der Waals surface area contributed by atoms with Gasteiger partial charge in [0.15, 0.2) is 5.76 Å². The zero-order valence-corrected chi connectivity index (χ0v) is 10.9. The molecule has 0 unspecified atom stereocenters. The molecule has 0 bridgehead atoms. The molecule has 1 aliphatic heterocycles. The lowest BCUT2D eigenvalue weighted by Gasteiger charge is -2.26. The zero-order chi connectivity index (χ0) is 14.5. The number of carbonyl (C=O) groups is 3. The first kappa shape index (κ1) is 14.1. The number of hydrogen-bond acceptors (Lipinski definition) is 4. The maximum atomic E-state index is 11.8. The monoisotopic (exact) mass is 280 g/mol. The normalized spacial score (nSPS) is 14.9. The van der Waals surface area contributed by atoms with Gasteiger partial charge in [0.1, 0.15) is 6.26 Å². The highest BCUT2D eigenvalue weighted by molar-refractivity contribution is 5.97. The molecule has 0 radical (unpaired) electrons. The first-order chi connectivity index (χ1) is 9.58. The number of nitrogens with one attached hydrogen (secondary N) is 1. The van der Waals surface area contributed by atoms with Gasteiger partial charge in [-0.15, -0.1) is 0 Å². The van der Waals surface area contributed by atoms with E-state index in [0.29, 0.717) is 0 Å². The summed E-state index contributed by atoms with van der Waals surface area (Å²) in [5.74, 6) is -2.02. The molecule has 0 aromatic carbocycles. The van der Waals surface area contributed by atoms with Crippen molar-refractivity contribution in [2.45, 2.75) is 19.3 Å². The molecular formula is C13H16N2O5. The molecule has 0 aliphatic carbocycles. The second-order valence-corrected chi connectivity index (χ2v) is 4.63. The summed E-state index contributed by atoms with van der Waals surface area (Å²) in [6.45, 7) is 1.33. The van der Waals surface area contributed by atoms with Crippen molar-refractivity contribution in [3.63, 3.8) is 0 Å². The lowest BCUT2D eigenvalue weighted by molar-refractivity contribution is -0.130. The van der Waals surface area contributed by atoms with E-state index in [4.69, 9.17) is 9.52 Å². The molecule has 2 amide bonds. The van der Waals surface area contributed by atoms with Crippen LogP contribution in [-0.2, 0) is 4.79 Å². The van der Waals surface area contributed by atoms with Gasteiger partial charge in [0.2, 0.25) is 5.91 Å². The summed E-state index contributed by atoms with van der Waals surface area (Å²) >= 11 is 0. The average Bonchev–Trinajstić information content (AvgIpc) is 2.95. The Balaban J connectivity index is 1.84. The molecule has 7 heteroatoms. The van der Waals surface area contributed by atoms with Crippen molar-refractivity contribution in [3.05, 3.63) is 23.7 Å². The number of hydrogen-bond donors (Lipinski definition) is 2. The number of likely N-dealkylation sites (tertiary alicyclic amines) is 1. The van der Waals surface area contributed by atoms with Crippen LogP contribution < -0.4 is 5.32 Å². The van der Waals surface area contributed by atoms with Gasteiger partial charge in [-0.25, -0.2) is 4.79 Å². The third kappa shape index (κ3) is 3.37. The second kappa shape index (κ2) is 6.23. The molecule has 1 saturated heterocycles. The number of piperidine rings is 1. The number of carboxylic acid groups (broad SMARTS) is 1. The smallest absolute Gasteiger partial charge is 0.338 e. The average molecular weight is 280 g/mol. The Morgan fingerprint density at radius 1 is 1.25 bits per heavy atom. The predicted molar refractivity (Wildman–Crippen MR) is 68.4 cm³/mol. The molecule has 0 atom stereocenters. The van der Waals surface area contributed by atoms with Gasteiger partial charge in [-0.3, -0.25) is 9.59 Å². The molecule has 0 spiro atoms. The van der Waals surface area contributed by atoms with Crippen molar-refractivity contribution < 1.29 is 23.9 Å². The van der Waals surface area contributed by atoms with E-state index in [1.807, 2.05) is 0 Å². The third-order valence-corrected chi connectivity index (χ3v) is 3.18. The first-order valence-corrected chi connectivity index (χ1v) is 6.46. The van der Waals surface area contributed by atoms with Crippen molar-refractivity contribution in [1.82, 2.24) is 10.2 Å². The number of carboxylic acids is 1. The van der Waals surface area contributed by atoms with Crippen molar-refractivity contribution >= 4 is 17.8 Å². The SMILES string of the molecule is O=C(O)c1coc(C(=O)NCC(=O)N2CCCCC2)c1. The van der Waals surface area contributed by atoms with Crippen LogP contribution in [0, 0.1) is 0 Å². The Bertz CT molecular complexity index is 517. The van der Waals surface area contributed by atoms with Crippen LogP contribution in [0.15, 0.2) is 16.7 Å². The molecule has 7 nitrogen and oxygen atoms in total. The highest BCUT2D eigenvalue weighted by atomic mass is 16.4. The molecule has 108 valence electrons. The van der Waals surface area contributed by atoms with E-state index in [2.05, 4.69) is 5.32 Å². The molecular weight excluding hydrogens is 264 g/mol. The fraction of sp³-hybridized carbons (Fsp3) is 0.462. The highest BCUT2D eigenvalue weighted by Crippen LogP contribution is 2.09. The van der Waals surface area contributed by atoms with Crippen LogP contribution in [0.25, 0.3) is 0 Å². The van der Waals surface area contributed by atoms with Gasteiger partial charge >= 0.3 is 5.97 Å². The van der Waals surface area contributed by atoms with Crippen LogP contribution >= 0.6 is 0 Å². The van der Waals surface area contributed by atoms with Crippen LogP contribution in [0.4, 0.5) is 0 Å². The van der Waals surface area contributed by atoms with Gasteiger partial charge in [0.05, 0.1) is 12.1 Å². The predicted octanol–water partition coefficient (Wildman–Crippen LogP) is 0.720. The van der Waals surface area contributed by atoms with Crippen molar-refractivity contribution in [3.8, 4) is 0 Å². The van der Waals surface area contributed by atoms with Crippen LogP contribution in [0.2, 0.25) is 0 Å². The maximum Gasteiger partial charge on any atom is 0.338 e. The van der Waals surface area contributed by atoms with Crippen molar-refractivity contribution in [2.75, 3.05) is 19.6 Å². The summed E-state index contributed by atoms with van der Waals surface area (Å²) in [6.07, 6.45) is 4.09. The van der Waals surface area contributed by atoms with E-state index >= 15 is 0 Å². The minimum atomic E-state index is -1.17. The van der Waals surface area contributed by atoms with Gasteiger partial charge < -0.3 is 19.7 Å². The topological polar surface area (TPSA) is 99.8 Å². The van der Waals surface area contributed by atoms with E-state index < -0.39 is 11.9 Å². The summed E-state index contributed by atoms with van der Waals surface area (Å²) in [5, 5.41) is 11.1. The van der Waals surface area contributed by atoms with Crippen molar-refractivity contribution in [1.29, 1.82) is 0 Å². The summed E-state index contributed by atoms with van der Waals surface area (Å²) in [4.78, 5) is 35.9. The fourth-order valence-electron chi connectivity index (χ4n) is 2.07. The number of amides is 2. The molecule has 2 N–H and O–H groups in total. The number of carbonyl (C=O) groups excluding carboxylic acids is 2. The zero-order valence-electron chi connectivity index (χ0n) is 10.9. The van der Waals surface area contributed by atoms with Gasteiger partial charge in [-0.1, -0.05) is 0 Å². The minimum absolute atomic E-state index is 0.0995. The van der Waals surface area contributed by atoms with Crippen LogP contribution in [-0.4, -0.2) is 47.4 Å². The second-order valence-electron chi connectivity index (χ2n) is 4.63. The summed E-state index contributed by atoms with van der Waals surface area (Å²) in [6, 6.07) is 1.13. The molecule has 1 aromatic heterocycles. The quantitative estimate of drug-likeness (QED) is 0.846. The molecule has 2 heterocycles. The molecule has 1 aliphatic rings. The number of aromatic carboxylic acids is 1. The van der Waals surface area contributed by atoms with Gasteiger partial charge in [0, 0.05) is 19.2 Å². The number of furan rings is 1. The van der Waals surface area contributed by atoms with E-state index in [9.17, 15) is 14.4 Å². The number of rotatable bonds is 4. The lowest BCUT2D eigenvalue weighted by atomic mass is 10.1. The lowest BCUT2D eigenvalue weighted by Crippen LogP contribution is -2.42. The van der Waals surface area contributed by atoms with Gasteiger partial charge in [-0.05, 0) is 19.3 Å². The molecule has 2 rings (SSSR count). The first-order valence-electron chi connectivity index (χ1n) is 6.46. The largest absolute Gasteiger partial charge is 0.478 e. The van der Waals surface area contributed by atoms with Crippen molar-refractivity contribution in [2.24, 2.45) is 0 Å². The molecule has 1 aromatic rings. The summed E-state index contributed by atoms with van der Waals surface area (Å²) in [7, 11) is 0. The Hall–Kier alpha value is -2.31. The van der Waals surface area contributed by atoms with E-state index in [1.54, 1.807) is 4.90 Å². The fourth-order valence-corrected chi connectivity index (χ4v) is 2.07. The Kier molecular flexibility index (Phi) is 4.39. The van der Waals surface area contributed by atoms with Crippen LogP contribution in [0.1, 0.15) is 40.2 Å². The van der Waals surface area contributed by atoms with Crippen LogP contribution in [0.3, 0.4) is 0 Å². The third-order valence-electron chi connectivity index (χ3n) is 3.18. The van der Waals surface area contributed by atoms with E-state index in [-0.39, 0.29) is 23.8 Å². The highest BCUT2D eigenvalue weighted by Gasteiger charge is 2.19. The van der Waals surface area contributed by atoms with Gasteiger partial charge in [-0.2, -0.15) is 0 Å². The molecule has 0 saturated carbocycles. The van der Waals surface area contributed by atoms with Gasteiger partial charge in [0.25, 0.3) is 5.91 Å². The summed E-state index contributed by atoms with van der Waals surface area (Å²) < 4.78 is 4.85. The molecule has 1 fully saturated rings. The Morgan fingerprint density at radius 2 is 1.95 bits per heavy atom.